The zero-order valence-corrected chi connectivity index (χ0v) is 11.5. The number of carbonyl (C=O) groups excluding carboxylic acids is 1. The van der Waals surface area contributed by atoms with Gasteiger partial charge in [0, 0.05) is 11.4 Å². The van der Waals surface area contributed by atoms with E-state index >= 15 is 0 Å². The van der Waals surface area contributed by atoms with Crippen LogP contribution in [-0.2, 0) is 0 Å². The van der Waals surface area contributed by atoms with Gasteiger partial charge in [-0.05, 0) is 30.4 Å². The number of carbonyl (C=O) groups is 1. The maximum atomic E-state index is 12.5. The Morgan fingerprint density at radius 3 is 2.59 bits per heavy atom. The Morgan fingerprint density at radius 1 is 1.27 bits per heavy atom. The first-order valence-corrected chi connectivity index (χ1v) is 6.86. The zero-order valence-electron chi connectivity index (χ0n) is 11.5. The number of fused-ring (bicyclic) bond motifs is 1. The highest BCUT2D eigenvalue weighted by Gasteiger charge is 2.32. The largest absolute Gasteiger partial charge is 0.405 e. The molecule has 116 valence electrons. The minimum Gasteiger partial charge on any atom is -0.342 e. The lowest BCUT2D eigenvalue weighted by atomic mass is 10.1. The van der Waals surface area contributed by atoms with Gasteiger partial charge in [0.05, 0.1) is 0 Å². The van der Waals surface area contributed by atoms with Gasteiger partial charge in [0.1, 0.15) is 12.2 Å². The average Bonchev–Trinajstić information content (AvgIpc) is 3.28. The van der Waals surface area contributed by atoms with Gasteiger partial charge in [0.2, 0.25) is 0 Å². The fraction of sp³-hybridized carbons (Fsp3) is 0.333. The number of benzene rings is 1. The number of nitrogens with zero attached hydrogens (tertiary/aromatic N) is 1. The van der Waals surface area contributed by atoms with Crippen LogP contribution in [0.15, 0.2) is 35.1 Å². The first-order chi connectivity index (χ1) is 10.4. The number of aromatic nitrogens is 1. The second kappa shape index (κ2) is 5.15. The molecule has 0 atom stereocenters. The number of amides is 1. The van der Waals surface area contributed by atoms with Crippen molar-refractivity contribution in [2.75, 3.05) is 6.54 Å². The Labute approximate surface area is 123 Å². The molecule has 1 fully saturated rings. The molecule has 22 heavy (non-hydrogen) atoms. The first kappa shape index (κ1) is 14.6. The van der Waals surface area contributed by atoms with Crippen LogP contribution in [0.1, 0.15) is 29.4 Å². The molecule has 4 nitrogen and oxygen atoms in total. The molecule has 0 radical (unpaired) electrons. The molecule has 7 heteroatoms. The molecular weight excluding hydrogens is 297 g/mol. The van der Waals surface area contributed by atoms with Crippen molar-refractivity contribution in [1.29, 1.82) is 0 Å². The number of hydrogen-bond donors (Lipinski definition) is 1. The molecular formula is C15H13F3N2O2. The molecule has 0 saturated heterocycles. The molecule has 1 aliphatic rings. The molecule has 1 aromatic heterocycles. The van der Waals surface area contributed by atoms with E-state index in [1.165, 1.54) is 10.6 Å². The Bertz CT molecular complexity index is 791. The molecule has 1 aliphatic carbocycles. The van der Waals surface area contributed by atoms with Crippen molar-refractivity contribution in [3.63, 3.8) is 0 Å². The topological polar surface area (TPSA) is 51.1 Å². The third-order valence-electron chi connectivity index (χ3n) is 3.56. The SMILES string of the molecule is O=C(NCC(F)(F)F)c1cc2ccccc2c(=O)n1C1CC1. The summed E-state index contributed by atoms with van der Waals surface area (Å²) in [6, 6.07) is 8.09. The highest BCUT2D eigenvalue weighted by atomic mass is 19.4. The van der Waals surface area contributed by atoms with E-state index in [2.05, 4.69) is 0 Å². The summed E-state index contributed by atoms with van der Waals surface area (Å²) in [6.07, 6.45) is -2.99. The molecule has 1 amide bonds. The van der Waals surface area contributed by atoms with Crippen molar-refractivity contribution in [2.45, 2.75) is 25.1 Å². The van der Waals surface area contributed by atoms with E-state index in [1.54, 1.807) is 24.3 Å². The Kier molecular flexibility index (Phi) is 3.42. The molecule has 3 rings (SSSR count). The maximum absolute atomic E-state index is 12.5. The molecule has 0 aliphatic heterocycles. The minimum atomic E-state index is -4.49. The third kappa shape index (κ3) is 2.84. The molecule has 2 aromatic rings. The van der Waals surface area contributed by atoms with Crippen molar-refractivity contribution in [1.82, 2.24) is 9.88 Å². The highest BCUT2D eigenvalue weighted by molar-refractivity contribution is 5.96. The van der Waals surface area contributed by atoms with Crippen LogP contribution in [-0.4, -0.2) is 23.2 Å². The van der Waals surface area contributed by atoms with Gasteiger partial charge in [-0.25, -0.2) is 0 Å². The summed E-state index contributed by atoms with van der Waals surface area (Å²) in [6.45, 7) is -1.42. The second-order valence-electron chi connectivity index (χ2n) is 5.32. The minimum absolute atomic E-state index is 0.0181. The first-order valence-electron chi connectivity index (χ1n) is 6.86. The van der Waals surface area contributed by atoms with Crippen LogP contribution in [0.25, 0.3) is 10.8 Å². The standard InChI is InChI=1S/C15H13F3N2O2/c16-15(17,18)8-19-13(21)12-7-9-3-1-2-4-11(9)14(22)20(12)10-5-6-10/h1-4,7,10H,5-6,8H2,(H,19,21). The van der Waals surface area contributed by atoms with Crippen molar-refractivity contribution in [3.8, 4) is 0 Å². The second-order valence-corrected chi connectivity index (χ2v) is 5.32. The smallest absolute Gasteiger partial charge is 0.342 e. The van der Waals surface area contributed by atoms with Crippen molar-refractivity contribution in [2.24, 2.45) is 0 Å². The number of nitrogens with one attached hydrogen (secondary N) is 1. The summed E-state index contributed by atoms with van der Waals surface area (Å²) >= 11 is 0. The summed E-state index contributed by atoms with van der Waals surface area (Å²) < 4.78 is 38.1. The van der Waals surface area contributed by atoms with Gasteiger partial charge in [-0.1, -0.05) is 18.2 Å². The molecule has 1 aromatic carbocycles. The van der Waals surface area contributed by atoms with E-state index in [0.717, 1.165) is 12.8 Å². The summed E-state index contributed by atoms with van der Waals surface area (Å²) in [5, 5.41) is 2.83. The van der Waals surface area contributed by atoms with Crippen LogP contribution < -0.4 is 10.9 Å². The van der Waals surface area contributed by atoms with Gasteiger partial charge in [0.25, 0.3) is 11.5 Å². The summed E-state index contributed by atoms with van der Waals surface area (Å²) in [7, 11) is 0. The number of pyridine rings is 1. The number of halogens is 3. The highest BCUT2D eigenvalue weighted by Crippen LogP contribution is 2.35. The van der Waals surface area contributed by atoms with E-state index < -0.39 is 18.6 Å². The van der Waals surface area contributed by atoms with Crippen LogP contribution in [0.5, 0.6) is 0 Å². The van der Waals surface area contributed by atoms with E-state index in [-0.39, 0.29) is 17.3 Å². The fourth-order valence-corrected chi connectivity index (χ4v) is 2.41. The summed E-state index contributed by atoms with van der Waals surface area (Å²) in [4.78, 5) is 24.6. The molecule has 1 saturated carbocycles. The van der Waals surface area contributed by atoms with Crippen molar-refractivity contribution in [3.05, 3.63) is 46.4 Å². The Morgan fingerprint density at radius 2 is 1.95 bits per heavy atom. The normalized spacial score (nSPS) is 15.0. The molecule has 0 spiro atoms. The average molecular weight is 310 g/mol. The molecule has 0 unspecified atom stereocenters. The van der Waals surface area contributed by atoms with Gasteiger partial charge in [-0.3, -0.25) is 9.59 Å². The van der Waals surface area contributed by atoms with Crippen molar-refractivity contribution < 1.29 is 18.0 Å². The Hall–Kier alpha value is -2.31. The van der Waals surface area contributed by atoms with Gasteiger partial charge >= 0.3 is 6.18 Å². The molecule has 1 N–H and O–H groups in total. The van der Waals surface area contributed by atoms with Crippen molar-refractivity contribution >= 4 is 16.7 Å². The van der Waals surface area contributed by atoms with Crippen LogP contribution in [0.4, 0.5) is 13.2 Å². The number of rotatable bonds is 3. The van der Waals surface area contributed by atoms with Gasteiger partial charge in [-0.15, -0.1) is 0 Å². The van der Waals surface area contributed by atoms with Gasteiger partial charge < -0.3 is 9.88 Å². The Balaban J connectivity index is 2.06. The lowest BCUT2D eigenvalue weighted by molar-refractivity contribution is -0.123. The summed E-state index contributed by atoms with van der Waals surface area (Å²) in [5.41, 5.74) is -0.354. The van der Waals surface area contributed by atoms with E-state index in [1.807, 2.05) is 5.32 Å². The summed E-state index contributed by atoms with van der Waals surface area (Å²) in [5.74, 6) is -0.882. The van der Waals surface area contributed by atoms with E-state index in [9.17, 15) is 22.8 Å². The van der Waals surface area contributed by atoms with Crippen LogP contribution in [0.2, 0.25) is 0 Å². The molecule has 0 bridgehead atoms. The van der Waals surface area contributed by atoms with Gasteiger partial charge in [-0.2, -0.15) is 13.2 Å². The third-order valence-corrected chi connectivity index (χ3v) is 3.56. The lowest BCUT2D eigenvalue weighted by Gasteiger charge is -2.14. The lowest BCUT2D eigenvalue weighted by Crippen LogP contribution is -2.37. The molecule has 1 heterocycles. The maximum Gasteiger partial charge on any atom is 0.405 e. The van der Waals surface area contributed by atoms with E-state index in [4.69, 9.17) is 0 Å². The predicted octanol–water partition coefficient (Wildman–Crippen LogP) is 2.63. The predicted molar refractivity (Wildman–Crippen MR) is 74.9 cm³/mol. The van der Waals surface area contributed by atoms with Crippen LogP contribution in [0, 0.1) is 0 Å². The number of alkyl halides is 3. The monoisotopic (exact) mass is 310 g/mol. The quantitative estimate of drug-likeness (QED) is 0.947. The van der Waals surface area contributed by atoms with Gasteiger partial charge in [0.15, 0.2) is 0 Å². The van der Waals surface area contributed by atoms with E-state index in [0.29, 0.717) is 10.8 Å². The zero-order chi connectivity index (χ0) is 15.9. The van der Waals surface area contributed by atoms with Crippen LogP contribution in [0.3, 0.4) is 0 Å². The van der Waals surface area contributed by atoms with Crippen LogP contribution >= 0.6 is 0 Å². The number of hydrogen-bond acceptors (Lipinski definition) is 2. The fourth-order valence-electron chi connectivity index (χ4n) is 2.41.